The number of hydrogen-bond acceptors (Lipinski definition) is 2. The Kier molecular flexibility index (Phi) is 2.11. The van der Waals surface area contributed by atoms with Gasteiger partial charge in [-0.3, -0.25) is 4.79 Å². The number of aliphatic carboxylic acids is 1. The van der Waals surface area contributed by atoms with Crippen molar-refractivity contribution in [2.75, 3.05) is 0 Å². The first-order valence-electron chi connectivity index (χ1n) is 4.55. The van der Waals surface area contributed by atoms with Gasteiger partial charge >= 0.3 is 5.97 Å². The lowest BCUT2D eigenvalue weighted by Gasteiger charge is -2.33. The predicted molar refractivity (Wildman–Crippen MR) is 55.8 cm³/mol. The molecule has 2 N–H and O–H groups in total. The number of alkyl halides is 1. The van der Waals surface area contributed by atoms with Crippen molar-refractivity contribution in [1.82, 2.24) is 0 Å². The van der Waals surface area contributed by atoms with Gasteiger partial charge < -0.3 is 10.2 Å². The van der Waals surface area contributed by atoms with E-state index in [9.17, 15) is 9.90 Å². The van der Waals surface area contributed by atoms with E-state index in [2.05, 4.69) is 22.6 Å². The molecule has 0 radical (unpaired) electrons. The lowest BCUT2D eigenvalue weighted by atomic mass is 9.77. The van der Waals surface area contributed by atoms with Gasteiger partial charge in [-0.05, 0) is 25.7 Å². The summed E-state index contributed by atoms with van der Waals surface area (Å²) >= 11 is 2.30. The number of aliphatic hydroxyl groups is 1. The van der Waals surface area contributed by atoms with E-state index in [1.54, 1.807) is 6.92 Å². The highest BCUT2D eigenvalue weighted by Gasteiger charge is 2.62. The monoisotopic (exact) mass is 296 g/mol. The van der Waals surface area contributed by atoms with E-state index in [4.69, 9.17) is 5.11 Å². The number of fused-ring (bicyclic) bond motifs is 2. The summed E-state index contributed by atoms with van der Waals surface area (Å²) in [5, 5.41) is 19.1. The molecule has 2 aliphatic rings. The highest BCUT2D eigenvalue weighted by molar-refractivity contribution is 14.1. The summed E-state index contributed by atoms with van der Waals surface area (Å²) in [5.74, 6) is -1.02. The van der Waals surface area contributed by atoms with Crippen LogP contribution >= 0.6 is 22.6 Å². The molecule has 3 nitrogen and oxygen atoms in total. The van der Waals surface area contributed by atoms with Gasteiger partial charge in [0.1, 0.15) is 0 Å². The summed E-state index contributed by atoms with van der Waals surface area (Å²) in [6.45, 7) is 1.68. The lowest BCUT2D eigenvalue weighted by Crippen LogP contribution is -2.44. The second-order valence-electron chi connectivity index (χ2n) is 4.33. The van der Waals surface area contributed by atoms with Crippen molar-refractivity contribution in [2.45, 2.75) is 29.3 Å². The average molecular weight is 296 g/mol. The molecule has 2 fully saturated rings. The van der Waals surface area contributed by atoms with Crippen LogP contribution in [0.2, 0.25) is 0 Å². The molecule has 0 saturated heterocycles. The fraction of sp³-hybridized carbons (Fsp3) is 0.889. The van der Waals surface area contributed by atoms with Crippen LogP contribution in [0.25, 0.3) is 0 Å². The van der Waals surface area contributed by atoms with E-state index in [0.29, 0.717) is 3.92 Å². The van der Waals surface area contributed by atoms with Gasteiger partial charge in [-0.2, -0.15) is 0 Å². The zero-order valence-corrected chi connectivity index (χ0v) is 9.56. The smallest absolute Gasteiger partial charge is 0.309 e. The Labute approximate surface area is 90.7 Å². The molecule has 5 atom stereocenters. The molecule has 0 aliphatic heterocycles. The Hall–Kier alpha value is 0.160. The van der Waals surface area contributed by atoms with Crippen LogP contribution in [0.1, 0.15) is 19.8 Å². The van der Waals surface area contributed by atoms with E-state index in [0.717, 1.165) is 12.8 Å². The van der Waals surface area contributed by atoms with Crippen molar-refractivity contribution >= 4 is 28.6 Å². The van der Waals surface area contributed by atoms with Crippen molar-refractivity contribution in [3.63, 3.8) is 0 Å². The number of carbonyl (C=O) groups is 1. The molecule has 2 bridgehead atoms. The lowest BCUT2D eigenvalue weighted by molar-refractivity contribution is -0.155. The minimum atomic E-state index is -0.986. The topological polar surface area (TPSA) is 57.5 Å². The Bertz CT molecular complexity index is 251. The second kappa shape index (κ2) is 2.82. The first-order chi connectivity index (χ1) is 5.96. The standard InChI is InChI=1S/C9H13IO3/c1-9(13)5-3-2-4(7(5)10)6(9)8(11)12/h4-7,13H,2-3H2,1H3,(H,11,12)/t4-,5+,6+,7-,9+/m1/s1. The molecule has 0 aromatic carbocycles. The van der Waals surface area contributed by atoms with Gasteiger partial charge in [-0.25, -0.2) is 0 Å². The van der Waals surface area contributed by atoms with E-state index in [-0.39, 0.29) is 11.8 Å². The molecular weight excluding hydrogens is 283 g/mol. The van der Waals surface area contributed by atoms with Crippen LogP contribution in [0.15, 0.2) is 0 Å². The summed E-state index contributed by atoms with van der Waals surface area (Å²) in [6, 6.07) is 0. The van der Waals surface area contributed by atoms with Crippen molar-refractivity contribution in [1.29, 1.82) is 0 Å². The molecule has 0 unspecified atom stereocenters. The zero-order valence-electron chi connectivity index (χ0n) is 7.40. The maximum absolute atomic E-state index is 11.0. The van der Waals surface area contributed by atoms with Crippen LogP contribution < -0.4 is 0 Å². The molecule has 0 heterocycles. The fourth-order valence-corrected chi connectivity index (χ4v) is 4.91. The van der Waals surface area contributed by atoms with Crippen molar-refractivity contribution in [3.8, 4) is 0 Å². The molecule has 0 aromatic rings. The summed E-state index contributed by atoms with van der Waals surface area (Å²) in [4.78, 5) is 11.0. The Morgan fingerprint density at radius 2 is 2.15 bits per heavy atom. The maximum Gasteiger partial charge on any atom is 0.309 e. The summed E-state index contributed by atoms with van der Waals surface area (Å²) in [6.07, 6.45) is 1.94. The molecule has 0 amide bonds. The molecule has 0 aromatic heterocycles. The van der Waals surface area contributed by atoms with Crippen LogP contribution in [0.3, 0.4) is 0 Å². The van der Waals surface area contributed by atoms with Crippen molar-refractivity contribution in [2.24, 2.45) is 17.8 Å². The van der Waals surface area contributed by atoms with E-state index < -0.39 is 17.5 Å². The maximum atomic E-state index is 11.0. The molecule has 74 valence electrons. The number of carboxylic acid groups (broad SMARTS) is 1. The number of rotatable bonds is 1. The number of carboxylic acids is 1. The molecule has 13 heavy (non-hydrogen) atoms. The number of halogens is 1. The Balaban J connectivity index is 2.35. The average Bonchev–Trinajstić information content (AvgIpc) is 2.39. The normalized spacial score (nSPS) is 54.1. The third-order valence-corrected chi connectivity index (χ3v) is 5.47. The van der Waals surface area contributed by atoms with Crippen LogP contribution in [0.4, 0.5) is 0 Å². The third-order valence-electron chi connectivity index (χ3n) is 3.68. The molecule has 2 rings (SSSR count). The van der Waals surface area contributed by atoms with Crippen LogP contribution in [-0.2, 0) is 4.79 Å². The van der Waals surface area contributed by atoms with Gasteiger partial charge in [0, 0.05) is 9.84 Å². The first kappa shape index (κ1) is 9.71. The van der Waals surface area contributed by atoms with E-state index >= 15 is 0 Å². The Morgan fingerprint density at radius 1 is 1.54 bits per heavy atom. The highest BCUT2D eigenvalue weighted by atomic mass is 127. The highest BCUT2D eigenvalue weighted by Crippen LogP contribution is 2.57. The molecular formula is C9H13IO3. The van der Waals surface area contributed by atoms with E-state index in [1.807, 2.05) is 0 Å². The second-order valence-corrected chi connectivity index (χ2v) is 5.77. The van der Waals surface area contributed by atoms with Crippen LogP contribution in [0.5, 0.6) is 0 Å². The van der Waals surface area contributed by atoms with Gasteiger partial charge in [0.05, 0.1) is 11.5 Å². The summed E-state index contributed by atoms with van der Waals surface area (Å²) in [5.41, 5.74) is -0.986. The molecule has 2 saturated carbocycles. The predicted octanol–water partition coefficient (Wildman–Crippen LogP) is 1.28. The quantitative estimate of drug-likeness (QED) is 0.566. The minimum Gasteiger partial charge on any atom is -0.481 e. The molecule has 2 aliphatic carbocycles. The minimum absolute atomic E-state index is 0.179. The van der Waals surface area contributed by atoms with E-state index in [1.165, 1.54) is 0 Å². The molecule has 0 spiro atoms. The van der Waals surface area contributed by atoms with Gasteiger partial charge in [0.15, 0.2) is 0 Å². The van der Waals surface area contributed by atoms with Gasteiger partial charge in [-0.1, -0.05) is 22.6 Å². The van der Waals surface area contributed by atoms with Crippen molar-refractivity contribution < 1.29 is 15.0 Å². The van der Waals surface area contributed by atoms with Gasteiger partial charge in [0.25, 0.3) is 0 Å². The zero-order chi connectivity index (χ0) is 9.80. The summed E-state index contributed by atoms with van der Waals surface area (Å²) < 4.78 is 0.341. The fourth-order valence-electron chi connectivity index (χ4n) is 3.05. The first-order valence-corrected chi connectivity index (χ1v) is 5.80. The SMILES string of the molecule is C[C@@]1(O)[C@H](C(=O)O)[C@H]2CC[C@H]1[C@@H]2I. The van der Waals surface area contributed by atoms with Crippen molar-refractivity contribution in [3.05, 3.63) is 0 Å². The Morgan fingerprint density at radius 3 is 2.46 bits per heavy atom. The number of hydrogen-bond donors (Lipinski definition) is 2. The largest absolute Gasteiger partial charge is 0.481 e. The molecule has 4 heteroatoms. The summed E-state index contributed by atoms with van der Waals surface area (Å²) in [7, 11) is 0. The van der Waals surface area contributed by atoms with Gasteiger partial charge in [0.2, 0.25) is 0 Å². The van der Waals surface area contributed by atoms with Gasteiger partial charge in [-0.15, -0.1) is 0 Å². The van der Waals surface area contributed by atoms with Crippen LogP contribution in [-0.4, -0.2) is 25.7 Å². The van der Waals surface area contributed by atoms with Crippen LogP contribution in [0, 0.1) is 17.8 Å². The third kappa shape index (κ3) is 1.14.